The van der Waals surface area contributed by atoms with Crippen LogP contribution >= 0.6 is 11.3 Å². The number of hydrogen-bond acceptors (Lipinski definition) is 3. The summed E-state index contributed by atoms with van der Waals surface area (Å²) < 4.78 is 0. The molecule has 0 aliphatic carbocycles. The molecule has 2 amide bonds. The van der Waals surface area contributed by atoms with Gasteiger partial charge >= 0.3 is 6.03 Å². The standard InChI is InChI=1S/C11H19N3OS/c1-10(2,3)13-9(15)14-11(4,5)8-12-6-7-16-8/h6-7H,1-5H3,(H2,13,14,15). The van der Waals surface area contributed by atoms with Crippen LogP contribution in [0.15, 0.2) is 11.6 Å². The molecule has 0 aliphatic rings. The molecule has 5 heteroatoms. The second-order valence-electron chi connectivity index (χ2n) is 5.29. The van der Waals surface area contributed by atoms with Crippen molar-refractivity contribution in [1.29, 1.82) is 0 Å². The number of aromatic nitrogens is 1. The minimum absolute atomic E-state index is 0.173. The molecule has 4 nitrogen and oxygen atoms in total. The second-order valence-corrected chi connectivity index (χ2v) is 6.19. The zero-order valence-electron chi connectivity index (χ0n) is 10.4. The van der Waals surface area contributed by atoms with Crippen molar-refractivity contribution in [2.45, 2.75) is 45.7 Å². The highest BCUT2D eigenvalue weighted by atomic mass is 32.1. The fourth-order valence-corrected chi connectivity index (χ4v) is 1.96. The van der Waals surface area contributed by atoms with Gasteiger partial charge in [0, 0.05) is 17.1 Å². The lowest BCUT2D eigenvalue weighted by Crippen LogP contribution is -2.52. The molecule has 0 saturated carbocycles. The van der Waals surface area contributed by atoms with E-state index in [9.17, 15) is 4.79 Å². The molecule has 0 saturated heterocycles. The van der Waals surface area contributed by atoms with Gasteiger partial charge in [0.25, 0.3) is 0 Å². The van der Waals surface area contributed by atoms with Crippen molar-refractivity contribution in [3.05, 3.63) is 16.6 Å². The van der Waals surface area contributed by atoms with Crippen LogP contribution in [0.3, 0.4) is 0 Å². The molecular weight excluding hydrogens is 222 g/mol. The monoisotopic (exact) mass is 241 g/mol. The van der Waals surface area contributed by atoms with Crippen molar-refractivity contribution < 1.29 is 4.79 Å². The summed E-state index contributed by atoms with van der Waals surface area (Å²) in [5.74, 6) is 0. The maximum atomic E-state index is 11.7. The third-order valence-corrected chi connectivity index (χ3v) is 2.98. The van der Waals surface area contributed by atoms with E-state index < -0.39 is 5.54 Å². The number of carbonyl (C=O) groups is 1. The molecule has 0 atom stereocenters. The van der Waals surface area contributed by atoms with Gasteiger partial charge < -0.3 is 10.6 Å². The molecule has 90 valence electrons. The van der Waals surface area contributed by atoms with Gasteiger partial charge in [0.2, 0.25) is 0 Å². The lowest BCUT2D eigenvalue weighted by atomic mass is 10.1. The van der Waals surface area contributed by atoms with Crippen LogP contribution < -0.4 is 10.6 Å². The Morgan fingerprint density at radius 2 is 1.88 bits per heavy atom. The van der Waals surface area contributed by atoms with Gasteiger partial charge in [0.05, 0.1) is 5.54 Å². The third kappa shape index (κ3) is 3.81. The second kappa shape index (κ2) is 4.41. The van der Waals surface area contributed by atoms with Crippen LogP contribution in [0.2, 0.25) is 0 Å². The average Bonchev–Trinajstić information content (AvgIpc) is 2.49. The first kappa shape index (κ1) is 13.0. The maximum Gasteiger partial charge on any atom is 0.315 e. The molecule has 0 aromatic carbocycles. The molecule has 1 aromatic rings. The Morgan fingerprint density at radius 3 is 2.31 bits per heavy atom. The highest BCUT2D eigenvalue weighted by Crippen LogP contribution is 2.21. The molecule has 1 rings (SSSR count). The number of thiazole rings is 1. The van der Waals surface area contributed by atoms with E-state index in [0.717, 1.165) is 5.01 Å². The van der Waals surface area contributed by atoms with Gasteiger partial charge in [-0.05, 0) is 34.6 Å². The van der Waals surface area contributed by atoms with Gasteiger partial charge in [-0.2, -0.15) is 0 Å². The van der Waals surface area contributed by atoms with Crippen LogP contribution in [0.1, 0.15) is 39.6 Å². The zero-order valence-corrected chi connectivity index (χ0v) is 11.2. The Hall–Kier alpha value is -1.10. The summed E-state index contributed by atoms with van der Waals surface area (Å²) in [5.41, 5.74) is -0.674. The summed E-state index contributed by atoms with van der Waals surface area (Å²) in [4.78, 5) is 15.9. The third-order valence-electron chi connectivity index (χ3n) is 1.88. The van der Waals surface area contributed by atoms with Gasteiger partial charge in [-0.3, -0.25) is 0 Å². The number of amides is 2. The van der Waals surface area contributed by atoms with E-state index in [1.165, 1.54) is 11.3 Å². The van der Waals surface area contributed by atoms with E-state index >= 15 is 0 Å². The number of nitrogens with zero attached hydrogens (tertiary/aromatic N) is 1. The average molecular weight is 241 g/mol. The zero-order chi connectivity index (χ0) is 12.4. The normalized spacial score (nSPS) is 12.3. The highest BCUT2D eigenvalue weighted by molar-refractivity contribution is 7.09. The molecule has 1 aromatic heterocycles. The summed E-state index contributed by atoms with van der Waals surface area (Å²) in [6.45, 7) is 9.72. The lowest BCUT2D eigenvalue weighted by Gasteiger charge is -2.27. The van der Waals surface area contributed by atoms with Crippen LogP contribution in [-0.4, -0.2) is 16.6 Å². The molecule has 0 aliphatic heterocycles. The van der Waals surface area contributed by atoms with Crippen molar-refractivity contribution in [2.24, 2.45) is 0 Å². The predicted molar refractivity (Wildman–Crippen MR) is 66.6 cm³/mol. The minimum atomic E-state index is -0.441. The van der Waals surface area contributed by atoms with Crippen molar-refractivity contribution in [3.63, 3.8) is 0 Å². The van der Waals surface area contributed by atoms with Crippen molar-refractivity contribution >= 4 is 17.4 Å². The van der Waals surface area contributed by atoms with E-state index in [1.807, 2.05) is 40.0 Å². The van der Waals surface area contributed by atoms with Crippen LogP contribution in [0.25, 0.3) is 0 Å². The topological polar surface area (TPSA) is 54.0 Å². The molecule has 0 fully saturated rings. The first-order valence-corrected chi connectivity index (χ1v) is 6.09. The molecule has 0 radical (unpaired) electrons. The maximum absolute atomic E-state index is 11.7. The number of carbonyl (C=O) groups excluding carboxylic acids is 1. The number of hydrogen-bond donors (Lipinski definition) is 2. The Kier molecular flexibility index (Phi) is 3.57. The molecular formula is C11H19N3OS. The Morgan fingerprint density at radius 1 is 1.25 bits per heavy atom. The van der Waals surface area contributed by atoms with Crippen molar-refractivity contribution in [1.82, 2.24) is 15.6 Å². The van der Waals surface area contributed by atoms with Gasteiger partial charge in [0.1, 0.15) is 5.01 Å². The first-order chi connectivity index (χ1) is 7.21. The number of nitrogens with one attached hydrogen (secondary N) is 2. The Labute approximate surface area is 100 Å². The Bertz CT molecular complexity index is 352. The summed E-state index contributed by atoms with van der Waals surface area (Å²) in [5, 5.41) is 8.58. The fourth-order valence-electron chi connectivity index (χ4n) is 1.24. The quantitative estimate of drug-likeness (QED) is 0.835. The smallest absolute Gasteiger partial charge is 0.315 e. The Balaban J connectivity index is 2.64. The summed E-state index contributed by atoms with van der Waals surface area (Å²) in [6.07, 6.45) is 1.74. The van der Waals surface area contributed by atoms with Crippen LogP contribution in [0, 0.1) is 0 Å². The van der Waals surface area contributed by atoms with Crippen molar-refractivity contribution in [2.75, 3.05) is 0 Å². The first-order valence-electron chi connectivity index (χ1n) is 5.21. The molecule has 2 N–H and O–H groups in total. The van der Waals surface area contributed by atoms with E-state index in [1.54, 1.807) is 6.20 Å². The number of urea groups is 1. The van der Waals surface area contributed by atoms with Gasteiger partial charge in [-0.25, -0.2) is 9.78 Å². The van der Waals surface area contributed by atoms with Gasteiger partial charge in [0.15, 0.2) is 0 Å². The van der Waals surface area contributed by atoms with Crippen LogP contribution in [0.4, 0.5) is 4.79 Å². The highest BCUT2D eigenvalue weighted by Gasteiger charge is 2.26. The summed E-state index contributed by atoms with van der Waals surface area (Å²) in [7, 11) is 0. The van der Waals surface area contributed by atoms with E-state index in [-0.39, 0.29) is 11.6 Å². The van der Waals surface area contributed by atoms with Crippen molar-refractivity contribution in [3.8, 4) is 0 Å². The molecule has 0 spiro atoms. The summed E-state index contributed by atoms with van der Waals surface area (Å²) >= 11 is 1.54. The molecule has 1 heterocycles. The molecule has 16 heavy (non-hydrogen) atoms. The van der Waals surface area contributed by atoms with Gasteiger partial charge in [-0.15, -0.1) is 11.3 Å². The molecule has 0 unspecified atom stereocenters. The van der Waals surface area contributed by atoms with Crippen LogP contribution in [0.5, 0.6) is 0 Å². The van der Waals surface area contributed by atoms with E-state index in [0.29, 0.717) is 0 Å². The summed E-state index contributed by atoms with van der Waals surface area (Å²) in [6, 6.07) is -0.173. The van der Waals surface area contributed by atoms with Gasteiger partial charge in [-0.1, -0.05) is 0 Å². The molecule has 0 bridgehead atoms. The predicted octanol–water partition coefficient (Wildman–Crippen LogP) is 2.48. The minimum Gasteiger partial charge on any atom is -0.334 e. The fraction of sp³-hybridized carbons (Fsp3) is 0.636. The number of rotatable bonds is 2. The lowest BCUT2D eigenvalue weighted by molar-refractivity contribution is 0.221. The van der Waals surface area contributed by atoms with E-state index in [2.05, 4.69) is 15.6 Å². The van der Waals surface area contributed by atoms with Crippen LogP contribution in [-0.2, 0) is 5.54 Å². The SMILES string of the molecule is CC(C)(C)NC(=O)NC(C)(C)c1nccs1. The largest absolute Gasteiger partial charge is 0.334 e. The van der Waals surface area contributed by atoms with E-state index in [4.69, 9.17) is 0 Å².